The van der Waals surface area contributed by atoms with Gasteiger partial charge in [-0.1, -0.05) is 20.8 Å². The zero-order chi connectivity index (χ0) is 16.5. The molecule has 1 aromatic rings. The Morgan fingerprint density at radius 1 is 1.30 bits per heavy atom. The molecule has 0 bridgehead atoms. The second-order valence-electron chi connectivity index (χ2n) is 5.42. The monoisotopic (exact) mass is 397 g/mol. The molecule has 0 unspecified atom stereocenters. The molecule has 0 saturated heterocycles. The van der Waals surface area contributed by atoms with Crippen molar-refractivity contribution in [3.63, 3.8) is 0 Å². The van der Waals surface area contributed by atoms with E-state index in [2.05, 4.69) is 11.4 Å². The smallest absolute Gasteiger partial charge is 0.306 e. The Balaban J connectivity index is 0.00000484. The summed E-state index contributed by atoms with van der Waals surface area (Å²) in [6.45, 7) is 4.49. The van der Waals surface area contributed by atoms with E-state index in [-0.39, 0.29) is 51.0 Å². The Morgan fingerprint density at radius 2 is 1.91 bits per heavy atom. The molecule has 0 aromatic heterocycles. The first-order valence-electron chi connectivity index (χ1n) is 7.51. The summed E-state index contributed by atoms with van der Waals surface area (Å²) in [7, 11) is 0. The summed E-state index contributed by atoms with van der Waals surface area (Å²) in [5.74, 6) is -0.954. The molecule has 0 aliphatic carbocycles. The van der Waals surface area contributed by atoms with Crippen molar-refractivity contribution in [3.8, 4) is 0 Å². The van der Waals surface area contributed by atoms with Gasteiger partial charge in [-0.15, -0.1) is 5.56 Å². The van der Waals surface area contributed by atoms with Crippen molar-refractivity contribution in [2.45, 2.75) is 45.8 Å². The van der Waals surface area contributed by atoms with Gasteiger partial charge < -0.3 is 10.1 Å². The molecule has 1 rings (SSSR count). The number of alkyl halides is 1. The maximum atomic E-state index is 13.4. The minimum atomic E-state index is -0.905. The van der Waals surface area contributed by atoms with Crippen molar-refractivity contribution >= 4 is 11.9 Å². The fourth-order valence-electron chi connectivity index (χ4n) is 1.92. The molecule has 0 heterocycles. The number of carbonyl (C=O) groups is 2. The summed E-state index contributed by atoms with van der Waals surface area (Å²) in [6, 6.07) is 8.69. The molecule has 1 aromatic carbocycles. The van der Waals surface area contributed by atoms with Gasteiger partial charge in [0.2, 0.25) is 5.91 Å². The molecule has 2 atom stereocenters. The zero-order valence-corrected chi connectivity index (χ0v) is 16.7. The van der Waals surface area contributed by atoms with Gasteiger partial charge in [-0.05, 0) is 6.42 Å². The van der Waals surface area contributed by atoms with Crippen molar-refractivity contribution in [1.82, 2.24) is 5.32 Å². The number of rotatable bonds is 8. The third-order valence-electron chi connectivity index (χ3n) is 3.17. The van der Waals surface area contributed by atoms with Gasteiger partial charge in [0.05, 0.1) is 6.04 Å². The Kier molecular flexibility index (Phi) is 11.3. The van der Waals surface area contributed by atoms with Crippen LogP contribution in [0.3, 0.4) is 0 Å². The second-order valence-corrected chi connectivity index (χ2v) is 5.42. The van der Waals surface area contributed by atoms with Crippen molar-refractivity contribution in [3.05, 3.63) is 35.9 Å². The summed E-state index contributed by atoms with van der Waals surface area (Å²) in [4.78, 5) is 23.6. The van der Waals surface area contributed by atoms with Gasteiger partial charge >= 0.3 is 5.97 Å². The van der Waals surface area contributed by atoms with Crippen molar-refractivity contribution in [2.24, 2.45) is 5.92 Å². The molecular formula is C17H23FNO3Y-. The second kappa shape index (κ2) is 11.7. The molecule has 0 saturated carbocycles. The van der Waals surface area contributed by atoms with Crippen molar-refractivity contribution < 1.29 is 51.4 Å². The van der Waals surface area contributed by atoms with Gasteiger partial charge in [0.1, 0.15) is 12.8 Å². The van der Waals surface area contributed by atoms with Crippen LogP contribution in [0.4, 0.5) is 4.39 Å². The van der Waals surface area contributed by atoms with Crippen molar-refractivity contribution in [2.75, 3.05) is 6.67 Å². The Bertz CT molecular complexity index is 482. The van der Waals surface area contributed by atoms with Crippen LogP contribution in [0.15, 0.2) is 24.3 Å². The predicted molar refractivity (Wildman–Crippen MR) is 81.8 cm³/mol. The van der Waals surface area contributed by atoms with Crippen LogP contribution in [0, 0.1) is 12.0 Å². The third-order valence-corrected chi connectivity index (χ3v) is 3.17. The van der Waals surface area contributed by atoms with Gasteiger partial charge in [0.25, 0.3) is 0 Å². The van der Waals surface area contributed by atoms with Crippen LogP contribution in [-0.4, -0.2) is 24.6 Å². The molecule has 1 amide bonds. The fourth-order valence-corrected chi connectivity index (χ4v) is 1.92. The SMILES string of the molecule is CCCC(=O)O[C@H](c1cc[c-]cc1)[C@@H](CF)NC(=O)C(C)C.[Y]. The van der Waals surface area contributed by atoms with E-state index in [9.17, 15) is 14.0 Å². The summed E-state index contributed by atoms with van der Waals surface area (Å²) in [6.07, 6.45) is 0.0562. The molecule has 1 radical (unpaired) electrons. The molecule has 125 valence electrons. The van der Waals surface area contributed by atoms with E-state index in [1.165, 1.54) is 0 Å². The minimum Gasteiger partial charge on any atom is -0.457 e. The normalized spacial score (nSPS) is 12.9. The number of hydrogen-bond acceptors (Lipinski definition) is 3. The van der Waals surface area contributed by atoms with Crippen LogP contribution in [0.5, 0.6) is 0 Å². The molecule has 4 nitrogen and oxygen atoms in total. The zero-order valence-electron chi connectivity index (χ0n) is 13.8. The van der Waals surface area contributed by atoms with Crippen molar-refractivity contribution in [1.29, 1.82) is 0 Å². The van der Waals surface area contributed by atoms with Gasteiger partial charge in [-0.3, -0.25) is 9.59 Å². The van der Waals surface area contributed by atoms with Crippen LogP contribution >= 0.6 is 0 Å². The summed E-state index contributed by atoms with van der Waals surface area (Å²) >= 11 is 0. The number of halogens is 1. The van der Waals surface area contributed by atoms with Crippen LogP contribution in [0.25, 0.3) is 0 Å². The quantitative estimate of drug-likeness (QED) is 0.542. The molecular weight excluding hydrogens is 374 g/mol. The molecule has 0 spiro atoms. The van der Waals surface area contributed by atoms with Crippen LogP contribution in [0.2, 0.25) is 0 Å². The number of amides is 1. The topological polar surface area (TPSA) is 55.4 Å². The van der Waals surface area contributed by atoms with Gasteiger partial charge in [0.15, 0.2) is 0 Å². The van der Waals surface area contributed by atoms with E-state index >= 15 is 0 Å². The van der Waals surface area contributed by atoms with Gasteiger partial charge in [-0.2, -0.15) is 30.3 Å². The maximum absolute atomic E-state index is 13.4. The summed E-state index contributed by atoms with van der Waals surface area (Å²) < 4.78 is 18.8. The molecule has 0 fully saturated rings. The van der Waals surface area contributed by atoms with E-state index in [4.69, 9.17) is 4.74 Å². The van der Waals surface area contributed by atoms with Gasteiger partial charge in [-0.25, -0.2) is 4.39 Å². The molecule has 0 aliphatic heterocycles. The average Bonchev–Trinajstić information content (AvgIpc) is 2.51. The number of benzene rings is 1. The molecule has 0 aliphatic rings. The summed E-state index contributed by atoms with van der Waals surface area (Å²) in [5.41, 5.74) is 0.634. The average molecular weight is 397 g/mol. The third kappa shape index (κ3) is 7.53. The van der Waals surface area contributed by atoms with E-state index in [1.807, 2.05) is 6.92 Å². The minimum absolute atomic E-state index is 0. The Morgan fingerprint density at radius 3 is 2.39 bits per heavy atom. The van der Waals surface area contributed by atoms with E-state index < -0.39 is 24.8 Å². The number of esters is 1. The maximum Gasteiger partial charge on any atom is 0.306 e. The molecule has 1 N–H and O–H groups in total. The van der Waals surface area contributed by atoms with E-state index in [0.717, 1.165) is 0 Å². The first-order valence-corrected chi connectivity index (χ1v) is 7.51. The summed E-state index contributed by atoms with van der Waals surface area (Å²) in [5, 5.41) is 2.61. The number of hydrogen-bond donors (Lipinski definition) is 1. The predicted octanol–water partition coefficient (Wildman–Crippen LogP) is 2.98. The number of carbonyl (C=O) groups excluding carboxylic acids is 2. The van der Waals surface area contributed by atoms with Crippen LogP contribution < -0.4 is 5.32 Å². The Hall–Kier alpha value is -0.806. The largest absolute Gasteiger partial charge is 0.457 e. The van der Waals surface area contributed by atoms with Crippen LogP contribution in [-0.2, 0) is 47.0 Å². The van der Waals surface area contributed by atoms with Crippen LogP contribution in [0.1, 0.15) is 45.3 Å². The van der Waals surface area contributed by atoms with Gasteiger partial charge in [0, 0.05) is 45.0 Å². The first-order chi connectivity index (χ1) is 10.5. The number of nitrogens with one attached hydrogen (secondary N) is 1. The standard InChI is InChI=1S/C17H23FNO3.Y/c1-4-8-15(20)22-16(13-9-6-5-7-10-13)14(11-18)19-17(21)12(2)3;/h6-7,9-10,12,14,16H,4,8,11H2,1-3H3,(H,19,21);/q-1;/t14-,16-;/m1./s1. The Labute approximate surface area is 162 Å². The van der Waals surface area contributed by atoms with E-state index in [0.29, 0.717) is 12.0 Å². The van der Waals surface area contributed by atoms with E-state index in [1.54, 1.807) is 38.1 Å². The molecule has 23 heavy (non-hydrogen) atoms. The number of ether oxygens (including phenoxy) is 1. The molecule has 6 heteroatoms. The fraction of sp³-hybridized carbons (Fsp3) is 0.529. The first kappa shape index (κ1) is 22.2.